The molecule has 0 radical (unpaired) electrons. The zero-order valence-corrected chi connectivity index (χ0v) is 12.3. The maximum absolute atomic E-state index is 12.2. The first kappa shape index (κ1) is 14.2. The molecular weight excluding hydrogens is 262 g/mol. The standard InChI is InChI=1S/C14H19NO3S/c1-14(2,3)15-19(17,18)12-6-4-5-11(9-12)13(16)10-7-8-10/h4-6,9-10,15H,7-8H2,1-3H3. The van der Waals surface area contributed by atoms with E-state index in [2.05, 4.69) is 4.72 Å². The van der Waals surface area contributed by atoms with Crippen molar-refractivity contribution in [3.05, 3.63) is 29.8 Å². The maximum Gasteiger partial charge on any atom is 0.241 e. The van der Waals surface area contributed by atoms with Crippen molar-refractivity contribution in [2.24, 2.45) is 5.92 Å². The molecule has 1 fully saturated rings. The average Bonchev–Trinajstić information content (AvgIpc) is 3.09. The molecule has 1 N–H and O–H groups in total. The summed E-state index contributed by atoms with van der Waals surface area (Å²) in [6, 6.07) is 6.27. The molecule has 1 aromatic rings. The predicted molar refractivity (Wildman–Crippen MR) is 73.6 cm³/mol. The van der Waals surface area contributed by atoms with Gasteiger partial charge in [0.15, 0.2) is 5.78 Å². The third-order valence-electron chi connectivity index (χ3n) is 2.82. The highest BCUT2D eigenvalue weighted by atomic mass is 32.2. The molecule has 19 heavy (non-hydrogen) atoms. The lowest BCUT2D eigenvalue weighted by Crippen LogP contribution is -2.40. The van der Waals surface area contributed by atoms with Crippen molar-refractivity contribution in [3.63, 3.8) is 0 Å². The van der Waals surface area contributed by atoms with E-state index in [-0.39, 0.29) is 16.6 Å². The lowest BCUT2D eigenvalue weighted by molar-refractivity contribution is 0.0967. The molecule has 1 aliphatic carbocycles. The molecule has 0 saturated heterocycles. The van der Waals surface area contributed by atoms with E-state index in [1.807, 2.05) is 0 Å². The maximum atomic E-state index is 12.2. The Labute approximate surface area is 114 Å². The van der Waals surface area contributed by atoms with Crippen LogP contribution in [0, 0.1) is 5.92 Å². The van der Waals surface area contributed by atoms with Crippen LogP contribution in [-0.4, -0.2) is 19.7 Å². The molecule has 0 aliphatic heterocycles. The Balaban J connectivity index is 2.30. The van der Waals surface area contributed by atoms with Crippen LogP contribution >= 0.6 is 0 Å². The van der Waals surface area contributed by atoms with E-state index in [9.17, 15) is 13.2 Å². The van der Waals surface area contributed by atoms with Crippen LogP contribution < -0.4 is 4.72 Å². The van der Waals surface area contributed by atoms with E-state index in [1.54, 1.807) is 32.9 Å². The summed E-state index contributed by atoms with van der Waals surface area (Å²) >= 11 is 0. The fraction of sp³-hybridized carbons (Fsp3) is 0.500. The third-order valence-corrected chi connectivity index (χ3v) is 4.57. The fourth-order valence-corrected chi connectivity index (χ4v) is 3.32. The molecule has 0 aromatic heterocycles. The van der Waals surface area contributed by atoms with Crippen LogP contribution in [0.2, 0.25) is 0 Å². The van der Waals surface area contributed by atoms with Gasteiger partial charge in [-0.25, -0.2) is 13.1 Å². The molecule has 0 unspecified atom stereocenters. The second-order valence-corrected chi connectivity index (χ2v) is 7.70. The van der Waals surface area contributed by atoms with E-state index in [4.69, 9.17) is 0 Å². The predicted octanol–water partition coefficient (Wildman–Crippen LogP) is 2.36. The van der Waals surface area contributed by atoms with Gasteiger partial charge in [-0.1, -0.05) is 12.1 Å². The molecule has 5 heteroatoms. The molecular formula is C14H19NO3S. The topological polar surface area (TPSA) is 63.2 Å². The quantitative estimate of drug-likeness (QED) is 0.862. The van der Waals surface area contributed by atoms with Crippen molar-refractivity contribution in [2.45, 2.75) is 44.0 Å². The normalized spacial score (nSPS) is 16.4. The Morgan fingerprint density at radius 1 is 1.26 bits per heavy atom. The third kappa shape index (κ3) is 3.64. The van der Waals surface area contributed by atoms with E-state index in [0.717, 1.165) is 12.8 Å². The molecule has 1 aromatic carbocycles. The lowest BCUT2D eigenvalue weighted by Gasteiger charge is -2.20. The number of sulfonamides is 1. The van der Waals surface area contributed by atoms with Crippen LogP contribution in [0.1, 0.15) is 44.0 Å². The monoisotopic (exact) mass is 281 g/mol. The number of hydrogen-bond acceptors (Lipinski definition) is 3. The largest absolute Gasteiger partial charge is 0.294 e. The molecule has 0 heterocycles. The van der Waals surface area contributed by atoms with Gasteiger partial charge >= 0.3 is 0 Å². The summed E-state index contributed by atoms with van der Waals surface area (Å²) in [5, 5.41) is 0. The van der Waals surface area contributed by atoms with Crippen LogP contribution in [0.3, 0.4) is 0 Å². The molecule has 104 valence electrons. The van der Waals surface area contributed by atoms with Gasteiger partial charge in [0.05, 0.1) is 4.90 Å². The Kier molecular flexibility index (Phi) is 3.53. The highest BCUT2D eigenvalue weighted by molar-refractivity contribution is 7.89. The number of carbonyl (C=O) groups is 1. The number of hydrogen-bond donors (Lipinski definition) is 1. The smallest absolute Gasteiger partial charge is 0.241 e. The Hall–Kier alpha value is -1.20. The van der Waals surface area contributed by atoms with Crippen molar-refractivity contribution < 1.29 is 13.2 Å². The van der Waals surface area contributed by atoms with Crippen LogP contribution in [0.25, 0.3) is 0 Å². The van der Waals surface area contributed by atoms with Gasteiger partial charge in [0.1, 0.15) is 0 Å². The van der Waals surface area contributed by atoms with Crippen molar-refractivity contribution >= 4 is 15.8 Å². The number of benzene rings is 1. The summed E-state index contributed by atoms with van der Waals surface area (Å²) < 4.78 is 27.0. The summed E-state index contributed by atoms with van der Waals surface area (Å²) in [4.78, 5) is 12.1. The summed E-state index contributed by atoms with van der Waals surface area (Å²) in [5.74, 6) is 0.140. The van der Waals surface area contributed by atoms with Gasteiger partial charge in [0.2, 0.25) is 10.0 Å². The highest BCUT2D eigenvalue weighted by Crippen LogP contribution is 2.33. The van der Waals surface area contributed by atoms with E-state index < -0.39 is 15.6 Å². The minimum Gasteiger partial charge on any atom is -0.294 e. The van der Waals surface area contributed by atoms with Gasteiger partial charge in [-0.3, -0.25) is 4.79 Å². The lowest BCUT2D eigenvalue weighted by atomic mass is 10.1. The summed E-state index contributed by atoms with van der Waals surface area (Å²) in [6.07, 6.45) is 1.83. The van der Waals surface area contributed by atoms with Crippen molar-refractivity contribution in [2.75, 3.05) is 0 Å². The van der Waals surface area contributed by atoms with Crippen molar-refractivity contribution in [1.82, 2.24) is 4.72 Å². The Bertz CT molecular complexity index is 595. The van der Waals surface area contributed by atoms with E-state index in [1.165, 1.54) is 12.1 Å². The van der Waals surface area contributed by atoms with Crippen LogP contribution in [-0.2, 0) is 10.0 Å². The number of ketones is 1. The number of Topliss-reactive ketones (excluding diaryl/α,β-unsaturated/α-hetero) is 1. The summed E-state index contributed by atoms with van der Waals surface area (Å²) in [6.45, 7) is 5.34. The minimum absolute atomic E-state index is 0.0489. The Morgan fingerprint density at radius 3 is 2.42 bits per heavy atom. The molecule has 1 saturated carbocycles. The zero-order valence-electron chi connectivity index (χ0n) is 11.4. The molecule has 1 aliphatic rings. The van der Waals surface area contributed by atoms with Crippen LogP contribution in [0.15, 0.2) is 29.2 Å². The van der Waals surface area contributed by atoms with Crippen LogP contribution in [0.4, 0.5) is 0 Å². The van der Waals surface area contributed by atoms with Crippen molar-refractivity contribution in [3.8, 4) is 0 Å². The zero-order chi connectivity index (χ0) is 14.3. The first-order chi connectivity index (χ1) is 8.69. The van der Waals surface area contributed by atoms with Crippen molar-refractivity contribution in [1.29, 1.82) is 0 Å². The first-order valence-electron chi connectivity index (χ1n) is 6.37. The minimum atomic E-state index is -3.58. The van der Waals surface area contributed by atoms with Gasteiger partial charge in [0, 0.05) is 17.0 Å². The van der Waals surface area contributed by atoms with Gasteiger partial charge in [-0.15, -0.1) is 0 Å². The van der Waals surface area contributed by atoms with Gasteiger partial charge in [-0.05, 0) is 45.7 Å². The molecule has 0 bridgehead atoms. The number of rotatable bonds is 4. The summed E-state index contributed by atoms with van der Waals surface area (Å²) in [5.41, 5.74) is -0.0608. The highest BCUT2D eigenvalue weighted by Gasteiger charge is 2.31. The molecule has 0 amide bonds. The van der Waals surface area contributed by atoms with E-state index in [0.29, 0.717) is 5.56 Å². The van der Waals surface area contributed by atoms with E-state index >= 15 is 0 Å². The number of nitrogens with one attached hydrogen (secondary N) is 1. The van der Waals surface area contributed by atoms with Crippen LogP contribution in [0.5, 0.6) is 0 Å². The average molecular weight is 281 g/mol. The Morgan fingerprint density at radius 2 is 1.89 bits per heavy atom. The van der Waals surface area contributed by atoms with Gasteiger partial charge in [-0.2, -0.15) is 0 Å². The molecule has 2 rings (SSSR count). The van der Waals surface area contributed by atoms with Gasteiger partial charge < -0.3 is 0 Å². The molecule has 4 nitrogen and oxygen atoms in total. The van der Waals surface area contributed by atoms with Gasteiger partial charge in [0.25, 0.3) is 0 Å². The summed E-state index contributed by atoms with van der Waals surface area (Å²) in [7, 11) is -3.58. The number of carbonyl (C=O) groups excluding carboxylic acids is 1. The first-order valence-corrected chi connectivity index (χ1v) is 7.86. The fourth-order valence-electron chi connectivity index (χ4n) is 1.86. The molecule has 0 atom stereocenters. The SMILES string of the molecule is CC(C)(C)NS(=O)(=O)c1cccc(C(=O)C2CC2)c1. The second-order valence-electron chi connectivity index (χ2n) is 6.02. The second kappa shape index (κ2) is 4.72. The molecule has 0 spiro atoms.